The van der Waals surface area contributed by atoms with Gasteiger partial charge in [-0.2, -0.15) is 0 Å². The lowest BCUT2D eigenvalue weighted by atomic mass is 10.0. The molecule has 1 atom stereocenters. The molecule has 0 bridgehead atoms. The van der Waals surface area contributed by atoms with Gasteiger partial charge in [-0.25, -0.2) is 0 Å². The summed E-state index contributed by atoms with van der Waals surface area (Å²) in [5.41, 5.74) is 1.93. The number of hydrogen-bond donors (Lipinski definition) is 1. The number of rotatable bonds is 5. The van der Waals surface area contributed by atoms with E-state index in [0.29, 0.717) is 23.3 Å². The van der Waals surface area contributed by atoms with Gasteiger partial charge in [-0.15, -0.1) is 11.6 Å². The molecule has 100 valence electrons. The number of amides is 1. The van der Waals surface area contributed by atoms with E-state index >= 15 is 0 Å². The van der Waals surface area contributed by atoms with Crippen LogP contribution in [0.2, 0.25) is 0 Å². The van der Waals surface area contributed by atoms with Crippen LogP contribution >= 0.6 is 11.6 Å². The van der Waals surface area contributed by atoms with Crippen molar-refractivity contribution in [1.82, 2.24) is 5.32 Å². The molecule has 18 heavy (non-hydrogen) atoms. The second-order valence-corrected chi connectivity index (χ2v) is 5.56. The van der Waals surface area contributed by atoms with E-state index < -0.39 is 0 Å². The first-order valence-corrected chi connectivity index (χ1v) is 6.96. The smallest absolute Gasteiger partial charge is 0.251 e. The minimum Gasteiger partial charge on any atom is -0.348 e. The highest BCUT2D eigenvalue weighted by Gasteiger charge is 2.16. The average Bonchev–Trinajstić information content (AvgIpc) is 2.35. The van der Waals surface area contributed by atoms with Crippen molar-refractivity contribution in [3.63, 3.8) is 0 Å². The van der Waals surface area contributed by atoms with E-state index in [1.165, 1.54) is 5.56 Å². The zero-order valence-corrected chi connectivity index (χ0v) is 12.3. The predicted octanol–water partition coefficient (Wildman–Crippen LogP) is 3.80. The van der Waals surface area contributed by atoms with Crippen molar-refractivity contribution in [3.8, 4) is 0 Å². The highest BCUT2D eigenvalue weighted by Crippen LogP contribution is 2.15. The molecule has 0 fully saturated rings. The van der Waals surface area contributed by atoms with Gasteiger partial charge in [0.05, 0.1) is 0 Å². The van der Waals surface area contributed by atoms with Crippen molar-refractivity contribution in [2.75, 3.05) is 5.88 Å². The van der Waals surface area contributed by atoms with Crippen molar-refractivity contribution < 1.29 is 4.79 Å². The fourth-order valence-corrected chi connectivity index (χ4v) is 2.09. The Labute approximate surface area is 115 Å². The molecular formula is C15H22ClNO. The molecule has 0 radical (unpaired) electrons. The summed E-state index contributed by atoms with van der Waals surface area (Å²) in [5, 5.41) is 2.96. The molecule has 1 amide bonds. The summed E-state index contributed by atoms with van der Waals surface area (Å²) >= 11 is 5.85. The Morgan fingerprint density at radius 2 is 1.72 bits per heavy atom. The maximum absolute atomic E-state index is 12.0. The first kappa shape index (κ1) is 15.0. The van der Waals surface area contributed by atoms with Crippen LogP contribution in [-0.2, 0) is 0 Å². The minimum absolute atomic E-state index is 0.0175. The third kappa shape index (κ3) is 4.02. The van der Waals surface area contributed by atoms with E-state index in [1.54, 1.807) is 0 Å². The van der Waals surface area contributed by atoms with Gasteiger partial charge in [-0.1, -0.05) is 39.8 Å². The molecule has 1 aromatic carbocycles. The molecule has 1 unspecified atom stereocenters. The lowest BCUT2D eigenvalue weighted by Gasteiger charge is -2.19. The van der Waals surface area contributed by atoms with Crippen LogP contribution in [0, 0.1) is 5.92 Å². The van der Waals surface area contributed by atoms with Crippen LogP contribution < -0.4 is 5.32 Å². The fourth-order valence-electron chi connectivity index (χ4n) is 1.65. The van der Waals surface area contributed by atoms with Gasteiger partial charge in [0.1, 0.15) is 0 Å². The second-order valence-electron chi connectivity index (χ2n) is 5.25. The highest BCUT2D eigenvalue weighted by atomic mass is 35.5. The molecule has 0 aliphatic carbocycles. The normalized spacial score (nSPS) is 12.8. The summed E-state index contributed by atoms with van der Waals surface area (Å²) in [6.07, 6.45) is 0. The fraction of sp³-hybridized carbons (Fsp3) is 0.533. The number of alkyl halides is 1. The van der Waals surface area contributed by atoms with Gasteiger partial charge in [-0.05, 0) is 29.5 Å². The maximum atomic E-state index is 12.0. The first-order chi connectivity index (χ1) is 8.45. The Hall–Kier alpha value is -1.02. The number of carbonyl (C=O) groups excluding carboxylic acids is 1. The van der Waals surface area contributed by atoms with Crippen molar-refractivity contribution in [2.24, 2.45) is 5.92 Å². The standard InChI is InChI=1S/C15H22ClNO/c1-10(2)12-5-7-13(8-6-12)15(18)17-14(9-16)11(3)4/h5-8,10-11,14H,9H2,1-4H3,(H,17,18). The number of hydrogen-bond acceptors (Lipinski definition) is 1. The van der Waals surface area contributed by atoms with E-state index in [1.807, 2.05) is 24.3 Å². The van der Waals surface area contributed by atoms with E-state index in [9.17, 15) is 4.79 Å². The summed E-state index contributed by atoms with van der Waals surface area (Å²) < 4.78 is 0. The van der Waals surface area contributed by atoms with Gasteiger partial charge in [0, 0.05) is 17.5 Å². The summed E-state index contributed by atoms with van der Waals surface area (Å²) in [7, 11) is 0. The van der Waals surface area contributed by atoms with Gasteiger partial charge >= 0.3 is 0 Å². The quantitative estimate of drug-likeness (QED) is 0.808. The molecule has 1 aromatic rings. The Morgan fingerprint density at radius 1 is 1.17 bits per heavy atom. The third-order valence-corrected chi connectivity index (χ3v) is 3.46. The second kappa shape index (κ2) is 6.79. The molecule has 0 aliphatic heterocycles. The Balaban J connectivity index is 2.72. The number of carbonyl (C=O) groups is 1. The van der Waals surface area contributed by atoms with Crippen LogP contribution in [-0.4, -0.2) is 17.8 Å². The van der Waals surface area contributed by atoms with E-state index in [-0.39, 0.29) is 11.9 Å². The minimum atomic E-state index is -0.0512. The monoisotopic (exact) mass is 267 g/mol. The molecule has 0 saturated carbocycles. The van der Waals surface area contributed by atoms with Crippen LogP contribution in [0.25, 0.3) is 0 Å². The van der Waals surface area contributed by atoms with Crippen molar-refractivity contribution in [3.05, 3.63) is 35.4 Å². The molecule has 0 spiro atoms. The molecule has 3 heteroatoms. The molecular weight excluding hydrogens is 246 g/mol. The summed E-state index contributed by atoms with van der Waals surface area (Å²) in [5.74, 6) is 1.20. The molecule has 0 saturated heterocycles. The van der Waals surface area contributed by atoms with Gasteiger partial charge < -0.3 is 5.32 Å². The number of benzene rings is 1. The summed E-state index contributed by atoms with van der Waals surface area (Å²) in [6, 6.07) is 7.77. The topological polar surface area (TPSA) is 29.1 Å². The van der Waals surface area contributed by atoms with E-state index in [0.717, 1.165) is 0 Å². The predicted molar refractivity (Wildman–Crippen MR) is 77.3 cm³/mol. The first-order valence-electron chi connectivity index (χ1n) is 6.42. The van der Waals surface area contributed by atoms with Crippen molar-refractivity contribution in [1.29, 1.82) is 0 Å². The largest absolute Gasteiger partial charge is 0.348 e. The zero-order chi connectivity index (χ0) is 13.7. The molecule has 1 rings (SSSR count). The molecule has 0 aromatic heterocycles. The van der Waals surface area contributed by atoms with Gasteiger partial charge in [-0.3, -0.25) is 4.79 Å². The van der Waals surface area contributed by atoms with Crippen molar-refractivity contribution >= 4 is 17.5 Å². The molecule has 2 nitrogen and oxygen atoms in total. The lowest BCUT2D eigenvalue weighted by molar-refractivity contribution is 0.0931. The van der Waals surface area contributed by atoms with Crippen LogP contribution in [0.5, 0.6) is 0 Å². The third-order valence-electron chi connectivity index (χ3n) is 3.13. The SMILES string of the molecule is CC(C)c1ccc(C(=O)NC(CCl)C(C)C)cc1. The summed E-state index contributed by atoms with van der Waals surface area (Å²) in [6.45, 7) is 8.37. The molecule has 1 N–H and O–H groups in total. The molecule has 0 aliphatic rings. The Bertz CT molecular complexity index is 384. The summed E-state index contributed by atoms with van der Waals surface area (Å²) in [4.78, 5) is 12.0. The number of halogens is 1. The van der Waals surface area contributed by atoms with E-state index in [2.05, 4.69) is 33.0 Å². The Morgan fingerprint density at radius 3 is 2.11 bits per heavy atom. The van der Waals surface area contributed by atoms with Crippen LogP contribution in [0.15, 0.2) is 24.3 Å². The zero-order valence-electron chi connectivity index (χ0n) is 11.5. The van der Waals surface area contributed by atoms with Crippen LogP contribution in [0.4, 0.5) is 0 Å². The lowest BCUT2D eigenvalue weighted by Crippen LogP contribution is -2.39. The Kier molecular flexibility index (Phi) is 5.67. The van der Waals surface area contributed by atoms with Gasteiger partial charge in [0.2, 0.25) is 0 Å². The average molecular weight is 268 g/mol. The van der Waals surface area contributed by atoms with Crippen LogP contribution in [0.3, 0.4) is 0 Å². The van der Waals surface area contributed by atoms with Gasteiger partial charge in [0.25, 0.3) is 5.91 Å². The van der Waals surface area contributed by atoms with E-state index in [4.69, 9.17) is 11.6 Å². The van der Waals surface area contributed by atoms with Crippen LogP contribution in [0.1, 0.15) is 49.5 Å². The number of nitrogens with one attached hydrogen (secondary N) is 1. The maximum Gasteiger partial charge on any atom is 0.251 e. The van der Waals surface area contributed by atoms with Gasteiger partial charge in [0.15, 0.2) is 0 Å². The van der Waals surface area contributed by atoms with Crippen molar-refractivity contribution in [2.45, 2.75) is 39.7 Å². The molecule has 0 heterocycles. The highest BCUT2D eigenvalue weighted by molar-refractivity contribution is 6.18.